The molecule has 1 aliphatic carbocycles. The number of hydrogen-bond acceptors (Lipinski definition) is 4. The molecule has 0 amide bonds. The standard InChI is InChI=1S/C18H17N5/c1-10-2-7-13-14(8-10)15-17(20)22-23-18(15)21-16(13)12-5-3-11(9-19)4-6-12/h3-6,10H,2,7-8H2,1H3,(H3,20,21,22,23). The maximum absolute atomic E-state index is 8.97. The van der Waals surface area contributed by atoms with E-state index >= 15 is 0 Å². The van der Waals surface area contributed by atoms with Crippen molar-refractivity contribution in [3.8, 4) is 17.3 Å². The molecule has 0 saturated carbocycles. The molecule has 2 heterocycles. The average molecular weight is 303 g/mol. The average Bonchev–Trinajstić information content (AvgIpc) is 2.95. The first kappa shape index (κ1) is 13.8. The van der Waals surface area contributed by atoms with E-state index in [1.165, 1.54) is 11.1 Å². The zero-order chi connectivity index (χ0) is 16.0. The molecule has 1 aliphatic rings. The van der Waals surface area contributed by atoms with Crippen molar-refractivity contribution in [3.63, 3.8) is 0 Å². The first-order valence-corrected chi connectivity index (χ1v) is 7.83. The van der Waals surface area contributed by atoms with Crippen LogP contribution in [0.15, 0.2) is 24.3 Å². The number of H-pyrrole nitrogens is 1. The van der Waals surface area contributed by atoms with Gasteiger partial charge in [0.2, 0.25) is 0 Å². The minimum Gasteiger partial charge on any atom is -0.384 e. The van der Waals surface area contributed by atoms with Crippen LogP contribution in [0.3, 0.4) is 0 Å². The molecule has 114 valence electrons. The van der Waals surface area contributed by atoms with Crippen LogP contribution >= 0.6 is 0 Å². The minimum atomic E-state index is 0.601. The molecule has 3 N–H and O–H groups in total. The summed E-state index contributed by atoms with van der Waals surface area (Å²) in [6.45, 7) is 2.27. The summed E-state index contributed by atoms with van der Waals surface area (Å²) < 4.78 is 0. The number of pyridine rings is 1. The fraction of sp³-hybridized carbons (Fsp3) is 0.278. The van der Waals surface area contributed by atoms with Gasteiger partial charge in [-0.05, 0) is 48.4 Å². The Kier molecular flexibility index (Phi) is 3.05. The fourth-order valence-electron chi connectivity index (χ4n) is 3.47. The maximum Gasteiger partial charge on any atom is 0.183 e. The molecule has 0 bridgehead atoms. The van der Waals surface area contributed by atoms with Gasteiger partial charge in [0.25, 0.3) is 0 Å². The lowest BCUT2D eigenvalue weighted by molar-refractivity contribution is 0.503. The number of fused-ring (bicyclic) bond motifs is 3. The van der Waals surface area contributed by atoms with E-state index in [4.69, 9.17) is 16.0 Å². The number of nitrogens with one attached hydrogen (secondary N) is 1. The highest BCUT2D eigenvalue weighted by Crippen LogP contribution is 2.37. The van der Waals surface area contributed by atoms with Crippen molar-refractivity contribution in [2.45, 2.75) is 26.2 Å². The molecule has 23 heavy (non-hydrogen) atoms. The molecule has 5 heteroatoms. The second-order valence-corrected chi connectivity index (χ2v) is 6.29. The summed E-state index contributed by atoms with van der Waals surface area (Å²) in [6, 6.07) is 9.73. The summed E-state index contributed by atoms with van der Waals surface area (Å²) in [5.74, 6) is 1.24. The number of rotatable bonds is 1. The van der Waals surface area contributed by atoms with Crippen LogP contribution in [0, 0.1) is 17.2 Å². The molecular formula is C18H17N5. The number of aromatic amines is 1. The third-order valence-electron chi connectivity index (χ3n) is 4.67. The first-order valence-electron chi connectivity index (χ1n) is 7.83. The second kappa shape index (κ2) is 5.10. The number of nitrogens with two attached hydrogens (primary N) is 1. The summed E-state index contributed by atoms with van der Waals surface area (Å²) >= 11 is 0. The van der Waals surface area contributed by atoms with Gasteiger partial charge in [-0.1, -0.05) is 19.1 Å². The number of nitrogen functional groups attached to an aromatic ring is 1. The van der Waals surface area contributed by atoms with Gasteiger partial charge in [0.05, 0.1) is 22.7 Å². The molecule has 5 nitrogen and oxygen atoms in total. The third-order valence-corrected chi connectivity index (χ3v) is 4.67. The molecule has 1 unspecified atom stereocenters. The fourth-order valence-corrected chi connectivity index (χ4v) is 3.47. The van der Waals surface area contributed by atoms with E-state index in [-0.39, 0.29) is 0 Å². The monoisotopic (exact) mass is 303 g/mol. The van der Waals surface area contributed by atoms with Crippen molar-refractivity contribution < 1.29 is 0 Å². The van der Waals surface area contributed by atoms with Gasteiger partial charge in [-0.3, -0.25) is 5.10 Å². The minimum absolute atomic E-state index is 0.601. The van der Waals surface area contributed by atoms with Crippen molar-refractivity contribution in [3.05, 3.63) is 41.0 Å². The Morgan fingerprint density at radius 1 is 1.26 bits per heavy atom. The summed E-state index contributed by atoms with van der Waals surface area (Å²) in [5.41, 5.74) is 12.0. The quantitative estimate of drug-likeness (QED) is 0.722. The van der Waals surface area contributed by atoms with Gasteiger partial charge in [-0.25, -0.2) is 4.98 Å². The molecular weight excluding hydrogens is 286 g/mol. The van der Waals surface area contributed by atoms with Gasteiger partial charge in [-0.2, -0.15) is 10.4 Å². The smallest absolute Gasteiger partial charge is 0.183 e. The first-order chi connectivity index (χ1) is 11.2. The zero-order valence-electron chi connectivity index (χ0n) is 12.9. The van der Waals surface area contributed by atoms with Crippen molar-refractivity contribution >= 4 is 16.9 Å². The molecule has 0 saturated heterocycles. The number of hydrogen-bond donors (Lipinski definition) is 2. The van der Waals surface area contributed by atoms with Crippen LogP contribution in [0.5, 0.6) is 0 Å². The number of nitrogens with zero attached hydrogens (tertiary/aromatic N) is 3. The Morgan fingerprint density at radius 2 is 2.04 bits per heavy atom. The lowest BCUT2D eigenvalue weighted by Gasteiger charge is -2.24. The third kappa shape index (κ3) is 2.15. The van der Waals surface area contributed by atoms with Gasteiger partial charge in [-0.15, -0.1) is 0 Å². The van der Waals surface area contributed by atoms with E-state index in [1.54, 1.807) is 0 Å². The Labute approximate surface area is 134 Å². The Balaban J connectivity index is 1.98. The molecule has 4 rings (SSSR count). The highest BCUT2D eigenvalue weighted by Gasteiger charge is 2.24. The van der Waals surface area contributed by atoms with Crippen molar-refractivity contribution in [1.82, 2.24) is 15.2 Å². The van der Waals surface area contributed by atoms with Crippen LogP contribution in [-0.4, -0.2) is 15.2 Å². The summed E-state index contributed by atoms with van der Waals surface area (Å²) in [6.07, 6.45) is 3.15. The van der Waals surface area contributed by atoms with Gasteiger partial charge >= 0.3 is 0 Å². The SMILES string of the molecule is CC1CCc2c(-c3ccc(C#N)cc3)nc3n[nH]c(N)c3c2C1. The van der Waals surface area contributed by atoms with Gasteiger partial charge < -0.3 is 5.73 Å². The van der Waals surface area contributed by atoms with Gasteiger partial charge in [0.1, 0.15) is 5.82 Å². The maximum atomic E-state index is 8.97. The molecule has 3 aromatic rings. The van der Waals surface area contributed by atoms with E-state index in [2.05, 4.69) is 23.2 Å². The molecule has 0 aliphatic heterocycles. The lowest BCUT2D eigenvalue weighted by Crippen LogP contribution is -2.14. The normalized spacial score (nSPS) is 17.0. The van der Waals surface area contributed by atoms with Crippen LogP contribution in [0.2, 0.25) is 0 Å². The van der Waals surface area contributed by atoms with Crippen LogP contribution < -0.4 is 5.73 Å². The Hall–Kier alpha value is -2.87. The predicted octanol–water partition coefficient (Wildman–Crippen LogP) is 3.20. The highest BCUT2D eigenvalue weighted by molar-refractivity contribution is 5.93. The van der Waals surface area contributed by atoms with Gasteiger partial charge in [0.15, 0.2) is 5.65 Å². The molecule has 1 atom stereocenters. The number of aromatic nitrogens is 3. The number of benzene rings is 1. The van der Waals surface area contributed by atoms with Crippen molar-refractivity contribution in [2.75, 3.05) is 5.73 Å². The Bertz CT molecular complexity index is 931. The van der Waals surface area contributed by atoms with E-state index in [0.717, 1.165) is 35.9 Å². The largest absolute Gasteiger partial charge is 0.384 e. The molecule has 0 radical (unpaired) electrons. The lowest BCUT2D eigenvalue weighted by atomic mass is 9.82. The number of nitriles is 1. The van der Waals surface area contributed by atoms with E-state index in [9.17, 15) is 0 Å². The van der Waals surface area contributed by atoms with E-state index in [0.29, 0.717) is 22.9 Å². The van der Waals surface area contributed by atoms with Gasteiger partial charge in [0, 0.05) is 5.56 Å². The van der Waals surface area contributed by atoms with Crippen molar-refractivity contribution in [1.29, 1.82) is 5.26 Å². The van der Waals surface area contributed by atoms with Crippen LogP contribution in [0.4, 0.5) is 5.82 Å². The number of anilines is 1. The molecule has 0 fully saturated rings. The summed E-state index contributed by atoms with van der Waals surface area (Å²) in [4.78, 5) is 4.75. The molecule has 0 spiro atoms. The molecule has 1 aromatic carbocycles. The summed E-state index contributed by atoms with van der Waals surface area (Å²) in [5, 5.41) is 17.1. The topological polar surface area (TPSA) is 91.4 Å². The summed E-state index contributed by atoms with van der Waals surface area (Å²) in [7, 11) is 0. The van der Waals surface area contributed by atoms with E-state index in [1.807, 2.05) is 24.3 Å². The molecule has 2 aromatic heterocycles. The predicted molar refractivity (Wildman–Crippen MR) is 89.6 cm³/mol. The zero-order valence-corrected chi connectivity index (χ0v) is 12.9. The second-order valence-electron chi connectivity index (χ2n) is 6.29. The highest BCUT2D eigenvalue weighted by atomic mass is 15.2. The van der Waals surface area contributed by atoms with Crippen LogP contribution in [0.1, 0.15) is 30.0 Å². The Morgan fingerprint density at radius 3 is 2.78 bits per heavy atom. The van der Waals surface area contributed by atoms with E-state index < -0.39 is 0 Å². The van der Waals surface area contributed by atoms with Crippen LogP contribution in [-0.2, 0) is 12.8 Å². The van der Waals surface area contributed by atoms with Crippen molar-refractivity contribution in [2.24, 2.45) is 5.92 Å². The van der Waals surface area contributed by atoms with Crippen LogP contribution in [0.25, 0.3) is 22.3 Å².